The van der Waals surface area contributed by atoms with Gasteiger partial charge in [-0.3, -0.25) is 4.98 Å². The second kappa shape index (κ2) is 5.92. The van der Waals surface area contributed by atoms with Crippen LogP contribution in [0.15, 0.2) is 33.3 Å². The van der Waals surface area contributed by atoms with Gasteiger partial charge in [-0.2, -0.15) is 0 Å². The molecule has 100 valence electrons. The minimum atomic E-state index is -1.23. The molecule has 0 saturated carbocycles. The summed E-state index contributed by atoms with van der Waals surface area (Å²) in [6.07, 6.45) is 1.57. The zero-order chi connectivity index (χ0) is 14.0. The summed E-state index contributed by atoms with van der Waals surface area (Å²) in [5.41, 5.74) is 0.349. The summed E-state index contributed by atoms with van der Waals surface area (Å²) in [5, 5.41) is 2.61. The number of rotatable bonds is 3. The zero-order valence-corrected chi connectivity index (χ0v) is 12.5. The zero-order valence-electron chi connectivity index (χ0n) is 9.35. The molecule has 19 heavy (non-hydrogen) atoms. The summed E-state index contributed by atoms with van der Waals surface area (Å²) in [5.74, 6) is -3.19. The molecule has 1 aromatic heterocycles. The molecule has 1 N–H and O–H groups in total. The number of nitrogens with one attached hydrogen (secondary N) is 1. The molecule has 0 saturated heterocycles. The van der Waals surface area contributed by atoms with Crippen LogP contribution in [0.5, 0.6) is 0 Å². The fourth-order valence-electron chi connectivity index (χ4n) is 1.44. The van der Waals surface area contributed by atoms with E-state index < -0.39 is 17.5 Å². The molecular weight excluding hydrogens is 389 g/mol. The topological polar surface area (TPSA) is 24.9 Å². The molecule has 0 amide bonds. The van der Waals surface area contributed by atoms with Crippen molar-refractivity contribution in [3.8, 4) is 0 Å². The molecule has 0 bridgehead atoms. The van der Waals surface area contributed by atoms with Crippen molar-refractivity contribution in [2.75, 3.05) is 5.32 Å². The highest BCUT2D eigenvalue weighted by Gasteiger charge is 2.11. The van der Waals surface area contributed by atoms with Crippen molar-refractivity contribution >= 4 is 37.5 Å². The molecule has 0 fully saturated rings. The highest BCUT2D eigenvalue weighted by Crippen LogP contribution is 2.23. The molecule has 1 heterocycles. The van der Waals surface area contributed by atoms with Gasteiger partial charge in [0.15, 0.2) is 11.6 Å². The van der Waals surface area contributed by atoms with E-state index in [1.54, 1.807) is 12.3 Å². The van der Waals surface area contributed by atoms with Crippen LogP contribution in [0.25, 0.3) is 0 Å². The standard InChI is InChI=1S/C12H7Br2F3N2/c13-6-1-8(14)11(18-4-6)5-19-10-3-7(15)2-9(16)12(10)17/h1-4,19H,5H2. The third-order valence-electron chi connectivity index (χ3n) is 2.32. The summed E-state index contributed by atoms with van der Waals surface area (Å²) in [4.78, 5) is 4.10. The minimum absolute atomic E-state index is 0.133. The van der Waals surface area contributed by atoms with Gasteiger partial charge < -0.3 is 5.32 Å². The first-order chi connectivity index (χ1) is 8.97. The summed E-state index contributed by atoms with van der Waals surface area (Å²) in [6.45, 7) is 0.133. The number of hydrogen-bond donors (Lipinski definition) is 1. The predicted molar refractivity (Wildman–Crippen MR) is 73.3 cm³/mol. The van der Waals surface area contributed by atoms with E-state index in [2.05, 4.69) is 42.2 Å². The van der Waals surface area contributed by atoms with E-state index in [1.807, 2.05) is 0 Å². The predicted octanol–water partition coefficient (Wildman–Crippen LogP) is 4.64. The van der Waals surface area contributed by atoms with Gasteiger partial charge in [-0.25, -0.2) is 13.2 Å². The Morgan fingerprint density at radius 2 is 1.84 bits per heavy atom. The highest BCUT2D eigenvalue weighted by atomic mass is 79.9. The van der Waals surface area contributed by atoms with Crippen LogP contribution >= 0.6 is 31.9 Å². The molecule has 2 nitrogen and oxygen atoms in total. The Bertz CT molecular complexity index is 620. The van der Waals surface area contributed by atoms with E-state index in [4.69, 9.17) is 0 Å². The van der Waals surface area contributed by atoms with Crippen molar-refractivity contribution < 1.29 is 13.2 Å². The maximum atomic E-state index is 13.4. The summed E-state index contributed by atoms with van der Waals surface area (Å²) in [7, 11) is 0. The molecule has 2 aromatic rings. The van der Waals surface area contributed by atoms with E-state index in [0.29, 0.717) is 16.2 Å². The molecule has 0 atom stereocenters. The Hall–Kier alpha value is -1.08. The van der Waals surface area contributed by atoms with Crippen LogP contribution in [0, 0.1) is 17.5 Å². The van der Waals surface area contributed by atoms with Crippen molar-refractivity contribution in [3.63, 3.8) is 0 Å². The number of anilines is 1. The minimum Gasteiger partial charge on any atom is -0.377 e. The van der Waals surface area contributed by atoms with Crippen molar-refractivity contribution in [1.29, 1.82) is 0 Å². The second-order valence-corrected chi connectivity index (χ2v) is 5.45. The lowest BCUT2D eigenvalue weighted by Gasteiger charge is -2.09. The van der Waals surface area contributed by atoms with Crippen LogP contribution in [0.3, 0.4) is 0 Å². The molecule has 0 aliphatic heterocycles. The fraction of sp³-hybridized carbons (Fsp3) is 0.0833. The van der Waals surface area contributed by atoms with Gasteiger partial charge in [-0.1, -0.05) is 0 Å². The molecule has 2 rings (SSSR count). The number of halogens is 5. The largest absolute Gasteiger partial charge is 0.377 e. The van der Waals surface area contributed by atoms with Crippen LogP contribution in [-0.4, -0.2) is 4.98 Å². The highest BCUT2D eigenvalue weighted by molar-refractivity contribution is 9.11. The van der Waals surface area contributed by atoms with E-state index in [9.17, 15) is 13.2 Å². The van der Waals surface area contributed by atoms with Crippen molar-refractivity contribution in [2.24, 2.45) is 0 Å². The van der Waals surface area contributed by atoms with Crippen LogP contribution in [0.4, 0.5) is 18.9 Å². The molecule has 0 unspecified atom stereocenters. The normalized spacial score (nSPS) is 10.6. The van der Waals surface area contributed by atoms with Gasteiger partial charge in [0.25, 0.3) is 0 Å². The van der Waals surface area contributed by atoms with Gasteiger partial charge in [0.05, 0.1) is 17.9 Å². The Balaban J connectivity index is 2.19. The average molecular weight is 396 g/mol. The molecule has 0 aliphatic carbocycles. The number of hydrogen-bond acceptors (Lipinski definition) is 2. The van der Waals surface area contributed by atoms with Crippen LogP contribution in [-0.2, 0) is 6.54 Å². The Kier molecular flexibility index (Phi) is 4.46. The molecule has 0 spiro atoms. The van der Waals surface area contributed by atoms with Gasteiger partial charge >= 0.3 is 0 Å². The second-order valence-electron chi connectivity index (χ2n) is 3.68. The van der Waals surface area contributed by atoms with Gasteiger partial charge in [-0.05, 0) is 37.9 Å². The maximum absolute atomic E-state index is 13.4. The van der Waals surface area contributed by atoms with Gasteiger partial charge in [0.2, 0.25) is 0 Å². The van der Waals surface area contributed by atoms with Crippen molar-refractivity contribution in [1.82, 2.24) is 4.98 Å². The Labute approximate surface area is 124 Å². The van der Waals surface area contributed by atoms with Crippen LogP contribution in [0.2, 0.25) is 0 Å². The molecule has 0 aliphatic rings. The Morgan fingerprint density at radius 1 is 1.11 bits per heavy atom. The molecule has 7 heteroatoms. The quantitative estimate of drug-likeness (QED) is 0.766. The van der Waals surface area contributed by atoms with E-state index in [0.717, 1.165) is 10.5 Å². The van der Waals surface area contributed by atoms with Gasteiger partial charge in [-0.15, -0.1) is 0 Å². The molecule has 0 radical (unpaired) electrons. The fourth-order valence-corrected chi connectivity index (χ4v) is 2.56. The van der Waals surface area contributed by atoms with Gasteiger partial charge in [0, 0.05) is 27.3 Å². The summed E-state index contributed by atoms with van der Waals surface area (Å²) >= 11 is 6.54. The van der Waals surface area contributed by atoms with Crippen LogP contribution in [0.1, 0.15) is 5.69 Å². The number of aromatic nitrogens is 1. The maximum Gasteiger partial charge on any atom is 0.182 e. The smallest absolute Gasteiger partial charge is 0.182 e. The van der Waals surface area contributed by atoms with Crippen molar-refractivity contribution in [3.05, 3.63) is 56.5 Å². The van der Waals surface area contributed by atoms with E-state index >= 15 is 0 Å². The number of benzene rings is 1. The number of nitrogens with zero attached hydrogens (tertiary/aromatic N) is 1. The van der Waals surface area contributed by atoms with Gasteiger partial charge in [0.1, 0.15) is 5.82 Å². The van der Waals surface area contributed by atoms with E-state index in [-0.39, 0.29) is 12.2 Å². The lowest BCUT2D eigenvalue weighted by Crippen LogP contribution is -2.05. The van der Waals surface area contributed by atoms with Crippen LogP contribution < -0.4 is 5.32 Å². The first kappa shape index (κ1) is 14.3. The number of pyridine rings is 1. The SMILES string of the molecule is Fc1cc(F)c(F)c(NCc2ncc(Br)cc2Br)c1. The van der Waals surface area contributed by atoms with E-state index in [1.165, 1.54) is 0 Å². The first-order valence-electron chi connectivity index (χ1n) is 5.15. The monoisotopic (exact) mass is 394 g/mol. The Morgan fingerprint density at radius 3 is 2.53 bits per heavy atom. The third-order valence-corrected chi connectivity index (χ3v) is 3.44. The average Bonchev–Trinajstić information content (AvgIpc) is 2.33. The summed E-state index contributed by atoms with van der Waals surface area (Å²) < 4.78 is 40.9. The van der Waals surface area contributed by atoms with Crippen molar-refractivity contribution in [2.45, 2.75) is 6.54 Å². The summed E-state index contributed by atoms with van der Waals surface area (Å²) in [6, 6.07) is 3.16. The molecule has 1 aromatic carbocycles. The lowest BCUT2D eigenvalue weighted by atomic mass is 10.2. The molecular formula is C12H7Br2F3N2. The third kappa shape index (κ3) is 3.48. The first-order valence-corrected chi connectivity index (χ1v) is 6.74. The lowest BCUT2D eigenvalue weighted by molar-refractivity contribution is 0.497.